The van der Waals surface area contributed by atoms with E-state index in [9.17, 15) is 9.90 Å². The van der Waals surface area contributed by atoms with E-state index in [0.29, 0.717) is 5.69 Å². The van der Waals surface area contributed by atoms with Gasteiger partial charge in [0.2, 0.25) is 0 Å². The molecule has 0 saturated carbocycles. The van der Waals surface area contributed by atoms with E-state index in [1.54, 1.807) is 26.1 Å². The predicted molar refractivity (Wildman–Crippen MR) is 61.6 cm³/mol. The molecule has 6 heteroatoms. The fourth-order valence-electron chi connectivity index (χ4n) is 1.80. The van der Waals surface area contributed by atoms with Crippen molar-refractivity contribution in [3.63, 3.8) is 0 Å². The third kappa shape index (κ3) is 3.35. The number of aliphatic carboxylic acids is 1. The number of pyridine rings is 1. The molecule has 1 aliphatic heterocycles. The predicted octanol–water partition coefficient (Wildman–Crippen LogP) is -2.84. The summed E-state index contributed by atoms with van der Waals surface area (Å²) in [6.45, 7) is 5.37. The van der Waals surface area contributed by atoms with Gasteiger partial charge in [-0.05, 0) is 32.4 Å². The summed E-state index contributed by atoms with van der Waals surface area (Å²) in [5, 5.41) is 11.5. The molecule has 1 aromatic rings. The van der Waals surface area contributed by atoms with Crippen molar-refractivity contribution in [2.24, 2.45) is 0 Å². The van der Waals surface area contributed by atoms with Crippen LogP contribution in [0.4, 0.5) is 0 Å². The number of carboxylic acid groups (broad SMARTS) is 1. The van der Waals surface area contributed by atoms with E-state index in [2.05, 4.69) is 4.98 Å². The molecule has 5 nitrogen and oxygen atoms in total. The molecule has 0 N–H and O–H groups in total. The van der Waals surface area contributed by atoms with Crippen LogP contribution in [0.5, 0.6) is 0 Å². The number of carboxylic acids is 1. The fourth-order valence-corrected chi connectivity index (χ4v) is 1.80. The minimum atomic E-state index is -1.33. The average molecular weight is 273 g/mol. The first-order valence-corrected chi connectivity index (χ1v) is 5.78. The Hall–Kier alpha value is -0.460. The van der Waals surface area contributed by atoms with Gasteiger partial charge in [-0.2, -0.15) is 0 Å². The van der Waals surface area contributed by atoms with Crippen LogP contribution >= 0.6 is 0 Å². The average Bonchev–Trinajstić information content (AvgIpc) is 2.30. The normalized spacial score (nSPS) is 20.4. The Bertz CT molecular complexity index is 448. The molecule has 0 amide bonds. The molecule has 2 heterocycles. The van der Waals surface area contributed by atoms with Gasteiger partial charge in [-0.3, -0.25) is 4.98 Å². The largest absolute Gasteiger partial charge is 1.00 e. The van der Waals surface area contributed by atoms with Crippen LogP contribution < -0.4 is 34.7 Å². The number of aromatic nitrogens is 1. The van der Waals surface area contributed by atoms with Gasteiger partial charge in [-0.1, -0.05) is 6.07 Å². The van der Waals surface area contributed by atoms with E-state index in [1.165, 1.54) is 0 Å². The molecule has 0 unspecified atom stereocenters. The quantitative estimate of drug-likeness (QED) is 0.543. The molecule has 1 saturated heterocycles. The van der Waals surface area contributed by atoms with Crippen LogP contribution in [-0.2, 0) is 19.7 Å². The van der Waals surface area contributed by atoms with Gasteiger partial charge in [0.05, 0.1) is 30.3 Å². The molecule has 19 heavy (non-hydrogen) atoms. The van der Waals surface area contributed by atoms with E-state index in [0.717, 1.165) is 5.56 Å². The maximum atomic E-state index is 11.5. The van der Waals surface area contributed by atoms with E-state index >= 15 is 0 Å². The van der Waals surface area contributed by atoms with Gasteiger partial charge in [-0.15, -0.1) is 0 Å². The van der Waals surface area contributed by atoms with Crippen molar-refractivity contribution in [3.05, 3.63) is 29.6 Å². The van der Waals surface area contributed by atoms with E-state index in [1.807, 2.05) is 13.0 Å². The van der Waals surface area contributed by atoms with Crippen LogP contribution in [-0.4, -0.2) is 30.0 Å². The molecular formula is C13H16NNaO4. The zero-order chi connectivity index (χ0) is 13.4. The molecule has 1 aliphatic rings. The summed E-state index contributed by atoms with van der Waals surface area (Å²) in [6, 6.07) is 3.49. The number of hydrogen-bond acceptors (Lipinski definition) is 5. The van der Waals surface area contributed by atoms with Gasteiger partial charge >= 0.3 is 29.6 Å². The second-order valence-corrected chi connectivity index (χ2v) is 5.07. The Morgan fingerprint density at radius 2 is 1.89 bits per heavy atom. The molecule has 2 rings (SSSR count). The Kier molecular flexibility index (Phi) is 5.15. The summed E-state index contributed by atoms with van der Waals surface area (Å²) in [4.78, 5) is 15.6. The van der Waals surface area contributed by atoms with Crippen molar-refractivity contribution in [1.82, 2.24) is 4.98 Å². The number of rotatable bonds is 2. The van der Waals surface area contributed by atoms with E-state index in [4.69, 9.17) is 9.47 Å². The topological polar surface area (TPSA) is 71.5 Å². The van der Waals surface area contributed by atoms with E-state index in [-0.39, 0.29) is 42.8 Å². The number of nitrogens with zero attached hydrogens (tertiary/aromatic N) is 1. The van der Waals surface area contributed by atoms with Crippen molar-refractivity contribution < 1.29 is 48.9 Å². The first kappa shape index (κ1) is 16.6. The van der Waals surface area contributed by atoms with Gasteiger partial charge in [0, 0.05) is 6.20 Å². The smallest absolute Gasteiger partial charge is 0.549 e. The second kappa shape index (κ2) is 5.89. The minimum absolute atomic E-state index is 0. The first-order chi connectivity index (χ1) is 8.36. The molecule has 0 atom stereocenters. The Morgan fingerprint density at radius 1 is 1.32 bits per heavy atom. The van der Waals surface area contributed by atoms with Crippen molar-refractivity contribution in [2.45, 2.75) is 32.0 Å². The van der Waals surface area contributed by atoms with Gasteiger partial charge < -0.3 is 19.4 Å². The summed E-state index contributed by atoms with van der Waals surface area (Å²) in [7, 11) is 0. The Balaban J connectivity index is 0.00000180. The number of aryl methyl sites for hydroxylation is 1. The summed E-state index contributed by atoms with van der Waals surface area (Å²) >= 11 is 0. The molecule has 0 aromatic carbocycles. The van der Waals surface area contributed by atoms with Gasteiger partial charge in [0.15, 0.2) is 5.79 Å². The SMILES string of the molecule is Cc1ccc(C2(C(=O)[O-])COC(C)(C)OC2)nc1.[Na+]. The Labute approximate surface area is 134 Å². The molecule has 0 aliphatic carbocycles. The zero-order valence-electron chi connectivity index (χ0n) is 11.7. The van der Waals surface area contributed by atoms with Crippen LogP contribution in [0.15, 0.2) is 18.3 Å². The molecule has 0 bridgehead atoms. The Morgan fingerprint density at radius 3 is 2.32 bits per heavy atom. The number of ether oxygens (including phenoxy) is 2. The minimum Gasteiger partial charge on any atom is -0.549 e. The van der Waals surface area contributed by atoms with Crippen LogP contribution in [0.2, 0.25) is 0 Å². The van der Waals surface area contributed by atoms with Crippen molar-refractivity contribution in [2.75, 3.05) is 13.2 Å². The van der Waals surface area contributed by atoms with Crippen molar-refractivity contribution in [1.29, 1.82) is 0 Å². The summed E-state index contributed by atoms with van der Waals surface area (Å²) in [5.41, 5.74) is 0.0391. The van der Waals surface area contributed by atoms with Crippen LogP contribution in [0.1, 0.15) is 25.1 Å². The summed E-state index contributed by atoms with van der Waals surface area (Å²) < 4.78 is 10.9. The summed E-state index contributed by atoms with van der Waals surface area (Å²) in [5.74, 6) is -2.00. The maximum Gasteiger partial charge on any atom is 1.00 e. The third-order valence-electron chi connectivity index (χ3n) is 3.12. The van der Waals surface area contributed by atoms with Crippen molar-refractivity contribution >= 4 is 5.97 Å². The standard InChI is InChI=1S/C13H17NO4.Na/c1-9-4-5-10(14-6-9)13(11(15)16)7-17-12(2,3)18-8-13;/h4-6H,7-8H2,1-3H3,(H,15,16);/q;+1/p-1. The molecule has 1 fully saturated rings. The van der Waals surface area contributed by atoms with Gasteiger partial charge in [-0.25, -0.2) is 0 Å². The molecular weight excluding hydrogens is 257 g/mol. The molecule has 0 spiro atoms. The van der Waals surface area contributed by atoms with Crippen LogP contribution in [0, 0.1) is 6.92 Å². The number of hydrogen-bond donors (Lipinski definition) is 0. The first-order valence-electron chi connectivity index (χ1n) is 5.78. The zero-order valence-corrected chi connectivity index (χ0v) is 13.7. The summed E-state index contributed by atoms with van der Waals surface area (Å²) in [6.07, 6.45) is 1.62. The molecule has 1 aromatic heterocycles. The molecule has 0 radical (unpaired) electrons. The fraction of sp³-hybridized carbons (Fsp3) is 0.538. The monoisotopic (exact) mass is 273 g/mol. The maximum absolute atomic E-state index is 11.5. The van der Waals surface area contributed by atoms with E-state index < -0.39 is 17.2 Å². The van der Waals surface area contributed by atoms with Gasteiger partial charge in [0.1, 0.15) is 0 Å². The third-order valence-corrected chi connectivity index (χ3v) is 3.12. The van der Waals surface area contributed by atoms with Crippen LogP contribution in [0.3, 0.4) is 0 Å². The number of carbonyl (C=O) groups excluding carboxylic acids is 1. The second-order valence-electron chi connectivity index (χ2n) is 5.07. The van der Waals surface area contributed by atoms with Gasteiger partial charge in [0.25, 0.3) is 0 Å². The molecule has 98 valence electrons. The number of carbonyl (C=O) groups is 1. The van der Waals surface area contributed by atoms with Crippen LogP contribution in [0.25, 0.3) is 0 Å². The van der Waals surface area contributed by atoms with Crippen molar-refractivity contribution in [3.8, 4) is 0 Å².